The molecule has 0 saturated heterocycles. The normalized spacial score (nSPS) is 11.0. The molecular weight excluding hydrogens is 416 g/mol. The van der Waals surface area contributed by atoms with Gasteiger partial charge in [-0.3, -0.25) is 4.79 Å². The molecule has 33 heavy (non-hydrogen) atoms. The molecule has 0 aliphatic rings. The number of nitrogens with zero attached hydrogens (tertiary/aromatic N) is 1. The van der Waals surface area contributed by atoms with Crippen molar-refractivity contribution in [3.63, 3.8) is 0 Å². The molecule has 0 radical (unpaired) electrons. The lowest BCUT2D eigenvalue weighted by Crippen LogP contribution is -2.28. The Labute approximate surface area is 192 Å². The lowest BCUT2D eigenvalue weighted by Gasteiger charge is -2.13. The highest BCUT2D eigenvalue weighted by atomic mass is 16.5. The van der Waals surface area contributed by atoms with Gasteiger partial charge in [0.1, 0.15) is 11.3 Å². The summed E-state index contributed by atoms with van der Waals surface area (Å²) < 4.78 is 10.7. The maximum Gasteiger partial charge on any atom is 0.336 e. The highest BCUT2D eigenvalue weighted by molar-refractivity contribution is 5.79. The zero-order valence-electron chi connectivity index (χ0n) is 18.7. The first kappa shape index (κ1) is 22.3. The summed E-state index contributed by atoms with van der Waals surface area (Å²) in [6, 6.07) is 24.7. The van der Waals surface area contributed by atoms with Gasteiger partial charge in [0.25, 0.3) is 5.91 Å². The lowest BCUT2D eigenvalue weighted by atomic mass is 9.98. The number of benzene rings is 3. The third-order valence-electron chi connectivity index (χ3n) is 5.22. The molecule has 4 rings (SSSR count). The number of ether oxygens (including phenoxy) is 1. The molecule has 1 amide bonds. The molecule has 0 unspecified atom stereocenters. The van der Waals surface area contributed by atoms with Crippen molar-refractivity contribution in [2.45, 2.75) is 13.1 Å². The molecule has 0 fully saturated rings. The van der Waals surface area contributed by atoms with Crippen LogP contribution in [0.15, 0.2) is 88.1 Å². The van der Waals surface area contributed by atoms with E-state index in [-0.39, 0.29) is 12.5 Å². The summed E-state index contributed by atoms with van der Waals surface area (Å²) in [5.74, 6) is 0.228. The van der Waals surface area contributed by atoms with Crippen molar-refractivity contribution in [1.82, 2.24) is 10.2 Å². The van der Waals surface area contributed by atoms with E-state index in [1.165, 1.54) is 11.6 Å². The van der Waals surface area contributed by atoms with E-state index >= 15 is 0 Å². The minimum atomic E-state index is -0.427. The van der Waals surface area contributed by atoms with Gasteiger partial charge >= 0.3 is 5.63 Å². The monoisotopic (exact) mass is 442 g/mol. The highest BCUT2D eigenvalue weighted by Crippen LogP contribution is 2.24. The van der Waals surface area contributed by atoms with E-state index in [0.29, 0.717) is 17.9 Å². The topological polar surface area (TPSA) is 71.8 Å². The Morgan fingerprint density at radius 1 is 0.970 bits per heavy atom. The third kappa shape index (κ3) is 5.87. The van der Waals surface area contributed by atoms with Crippen molar-refractivity contribution in [3.8, 4) is 16.9 Å². The van der Waals surface area contributed by atoms with Crippen LogP contribution in [0.5, 0.6) is 5.75 Å². The Hall–Kier alpha value is -3.90. The minimum Gasteiger partial charge on any atom is -0.484 e. The standard InChI is InChI=1S/C27H26N2O4/c1-29(2)17-19-7-9-20(10-8-19)24-6-4-3-5-22(24)16-28-26(30)18-32-23-13-11-21-12-14-27(31)33-25(21)15-23/h3-15H,16-18H2,1-2H3,(H,28,30). The molecule has 0 atom stereocenters. The molecule has 6 heteroatoms. The van der Waals surface area contributed by atoms with Crippen LogP contribution in [0.25, 0.3) is 22.1 Å². The van der Waals surface area contributed by atoms with Crippen LogP contribution >= 0.6 is 0 Å². The summed E-state index contributed by atoms with van der Waals surface area (Å²) in [5, 5.41) is 3.71. The predicted molar refractivity (Wildman–Crippen MR) is 129 cm³/mol. The summed E-state index contributed by atoms with van der Waals surface area (Å²) in [7, 11) is 4.10. The van der Waals surface area contributed by atoms with E-state index in [1.54, 1.807) is 24.3 Å². The number of carbonyl (C=O) groups is 1. The number of hydrogen-bond donors (Lipinski definition) is 1. The van der Waals surface area contributed by atoms with E-state index in [9.17, 15) is 9.59 Å². The molecule has 1 N–H and O–H groups in total. The molecule has 0 aliphatic heterocycles. The summed E-state index contributed by atoms with van der Waals surface area (Å²) in [4.78, 5) is 25.9. The van der Waals surface area contributed by atoms with Crippen molar-refractivity contribution in [1.29, 1.82) is 0 Å². The minimum absolute atomic E-state index is 0.135. The Morgan fingerprint density at radius 3 is 2.52 bits per heavy atom. The molecule has 168 valence electrons. The Morgan fingerprint density at radius 2 is 1.73 bits per heavy atom. The van der Waals surface area contributed by atoms with Crippen LogP contribution in [0.4, 0.5) is 0 Å². The van der Waals surface area contributed by atoms with Crippen molar-refractivity contribution in [2.75, 3.05) is 20.7 Å². The maximum atomic E-state index is 12.4. The van der Waals surface area contributed by atoms with Gasteiger partial charge in [0.05, 0.1) is 0 Å². The summed E-state index contributed by atoms with van der Waals surface area (Å²) in [5.41, 5.74) is 4.46. The fourth-order valence-electron chi connectivity index (χ4n) is 3.64. The number of rotatable bonds is 8. The van der Waals surface area contributed by atoms with Crippen molar-refractivity contribution >= 4 is 16.9 Å². The zero-order valence-corrected chi connectivity index (χ0v) is 18.7. The molecule has 3 aromatic carbocycles. The summed E-state index contributed by atoms with van der Waals surface area (Å²) >= 11 is 0. The van der Waals surface area contributed by atoms with E-state index in [1.807, 2.05) is 32.3 Å². The second-order valence-corrected chi connectivity index (χ2v) is 8.11. The smallest absolute Gasteiger partial charge is 0.336 e. The average molecular weight is 443 g/mol. The molecule has 4 aromatic rings. The van der Waals surface area contributed by atoms with E-state index < -0.39 is 5.63 Å². The van der Waals surface area contributed by atoms with Gasteiger partial charge in [0.15, 0.2) is 6.61 Å². The summed E-state index contributed by atoms with van der Waals surface area (Å²) in [6.45, 7) is 1.15. The Bertz CT molecular complexity index is 1310. The molecule has 0 spiro atoms. The Kier molecular flexibility index (Phi) is 6.86. The first-order valence-electron chi connectivity index (χ1n) is 10.7. The van der Waals surface area contributed by atoms with Crippen LogP contribution in [0.2, 0.25) is 0 Å². The van der Waals surface area contributed by atoms with Crippen LogP contribution in [0.1, 0.15) is 11.1 Å². The SMILES string of the molecule is CN(C)Cc1ccc(-c2ccccc2CNC(=O)COc2ccc3ccc(=O)oc3c2)cc1. The van der Waals surface area contributed by atoms with Gasteiger partial charge in [-0.05, 0) is 54.5 Å². The maximum absolute atomic E-state index is 12.4. The van der Waals surface area contributed by atoms with Crippen LogP contribution in [0, 0.1) is 0 Å². The average Bonchev–Trinajstić information content (AvgIpc) is 2.81. The number of fused-ring (bicyclic) bond motifs is 1. The second kappa shape index (κ2) is 10.1. The molecule has 1 aromatic heterocycles. The quantitative estimate of drug-likeness (QED) is 0.414. The molecule has 1 heterocycles. The fraction of sp³-hybridized carbons (Fsp3) is 0.185. The second-order valence-electron chi connectivity index (χ2n) is 8.11. The zero-order chi connectivity index (χ0) is 23.2. The number of amides is 1. The van der Waals surface area contributed by atoms with Crippen molar-refractivity contribution < 1.29 is 13.9 Å². The lowest BCUT2D eigenvalue weighted by molar-refractivity contribution is -0.123. The molecule has 6 nitrogen and oxygen atoms in total. The molecule has 0 saturated carbocycles. The molecule has 0 bridgehead atoms. The van der Waals surface area contributed by atoms with Gasteiger partial charge in [-0.2, -0.15) is 0 Å². The van der Waals surface area contributed by atoms with Gasteiger partial charge < -0.3 is 19.4 Å². The summed E-state index contributed by atoms with van der Waals surface area (Å²) in [6.07, 6.45) is 0. The number of carbonyl (C=O) groups excluding carboxylic acids is 1. The first-order valence-corrected chi connectivity index (χ1v) is 10.7. The van der Waals surface area contributed by atoms with Gasteiger partial charge in [0.2, 0.25) is 0 Å². The van der Waals surface area contributed by atoms with Gasteiger partial charge in [-0.25, -0.2) is 4.79 Å². The van der Waals surface area contributed by atoms with Crippen LogP contribution in [-0.4, -0.2) is 31.5 Å². The van der Waals surface area contributed by atoms with Crippen LogP contribution in [0.3, 0.4) is 0 Å². The van der Waals surface area contributed by atoms with E-state index in [0.717, 1.165) is 28.6 Å². The first-order chi connectivity index (χ1) is 16.0. The van der Waals surface area contributed by atoms with Crippen molar-refractivity contribution in [3.05, 3.63) is 100 Å². The van der Waals surface area contributed by atoms with E-state index in [2.05, 4.69) is 40.5 Å². The predicted octanol–water partition coefficient (Wildman–Crippen LogP) is 4.22. The van der Waals surface area contributed by atoms with E-state index in [4.69, 9.17) is 9.15 Å². The van der Waals surface area contributed by atoms with Crippen LogP contribution in [-0.2, 0) is 17.9 Å². The number of hydrogen-bond acceptors (Lipinski definition) is 5. The Balaban J connectivity index is 1.37. The highest BCUT2D eigenvalue weighted by Gasteiger charge is 2.09. The molecule has 0 aliphatic carbocycles. The van der Waals surface area contributed by atoms with Crippen LogP contribution < -0.4 is 15.7 Å². The van der Waals surface area contributed by atoms with Crippen molar-refractivity contribution in [2.24, 2.45) is 0 Å². The van der Waals surface area contributed by atoms with Gasteiger partial charge in [-0.1, -0.05) is 48.5 Å². The van der Waals surface area contributed by atoms with Gasteiger partial charge in [0, 0.05) is 30.6 Å². The van der Waals surface area contributed by atoms with Gasteiger partial charge in [-0.15, -0.1) is 0 Å². The fourth-order valence-corrected chi connectivity index (χ4v) is 3.64. The molecular formula is C27H26N2O4. The largest absolute Gasteiger partial charge is 0.484 e. The number of nitrogens with one attached hydrogen (secondary N) is 1. The third-order valence-corrected chi connectivity index (χ3v) is 5.22.